The number of nitrogens with zero attached hydrogens (tertiary/aromatic N) is 1. The number of hydrogen-bond acceptors (Lipinski definition) is 6. The lowest BCUT2D eigenvalue weighted by molar-refractivity contribution is -0.147. The molecule has 4 rings (SSSR count). The lowest BCUT2D eigenvalue weighted by Crippen LogP contribution is -2.59. The van der Waals surface area contributed by atoms with Crippen molar-refractivity contribution < 1.29 is 29.0 Å². The Morgan fingerprint density at radius 2 is 1.72 bits per heavy atom. The maximum atomic E-state index is 14.4. The van der Waals surface area contributed by atoms with Gasteiger partial charge >= 0.3 is 0 Å². The molecule has 1 spiro atoms. The number of ether oxygens (including phenoxy) is 2. The number of carbonyl (C=O) groups is 3. The van der Waals surface area contributed by atoms with E-state index in [4.69, 9.17) is 9.47 Å². The summed E-state index contributed by atoms with van der Waals surface area (Å²) in [4.78, 5) is 44.4. The van der Waals surface area contributed by atoms with E-state index in [1.54, 1.807) is 29.2 Å². The Hall–Kier alpha value is -2.65. The van der Waals surface area contributed by atoms with Crippen molar-refractivity contribution in [3.05, 3.63) is 24.3 Å². The van der Waals surface area contributed by atoms with Crippen LogP contribution < -0.4 is 15.4 Å². The molecular weight excluding hydrogens is 546 g/mol. The maximum Gasteiger partial charge on any atom is 0.246 e. The van der Waals surface area contributed by atoms with Crippen LogP contribution in [0, 0.1) is 23.2 Å². The first kappa shape index (κ1) is 33.2. The van der Waals surface area contributed by atoms with Gasteiger partial charge in [0.25, 0.3) is 0 Å². The first-order valence-electron chi connectivity index (χ1n) is 16.1. The maximum absolute atomic E-state index is 14.4. The Balaban J connectivity index is 1.66. The number of aliphatic hydroxyl groups excluding tert-OH is 1. The molecule has 3 saturated heterocycles. The predicted molar refractivity (Wildman–Crippen MR) is 167 cm³/mol. The second-order valence-electron chi connectivity index (χ2n) is 14.9. The van der Waals surface area contributed by atoms with Crippen LogP contribution in [-0.2, 0) is 19.1 Å². The average Bonchev–Trinajstić information content (AvgIpc) is 3.40. The predicted octanol–water partition coefficient (Wildman–Crippen LogP) is 4.92. The van der Waals surface area contributed by atoms with Crippen molar-refractivity contribution in [2.24, 2.45) is 23.2 Å². The van der Waals surface area contributed by atoms with Crippen LogP contribution in [0.5, 0.6) is 5.75 Å². The number of unbranched alkanes of at least 4 members (excludes halogenated alkanes) is 3. The van der Waals surface area contributed by atoms with Crippen molar-refractivity contribution in [3.8, 4) is 5.75 Å². The number of rotatable bonds is 13. The molecule has 2 bridgehead atoms. The van der Waals surface area contributed by atoms with Gasteiger partial charge in [-0.15, -0.1) is 0 Å². The molecule has 0 radical (unpaired) electrons. The summed E-state index contributed by atoms with van der Waals surface area (Å²) in [5.41, 5.74) is -1.87. The van der Waals surface area contributed by atoms with Gasteiger partial charge in [0.1, 0.15) is 17.4 Å². The normalized spacial score (nSPS) is 30.0. The average molecular weight is 600 g/mol. The number of anilines is 1. The largest absolute Gasteiger partial charge is 0.494 e. The van der Waals surface area contributed by atoms with Gasteiger partial charge in [-0.1, -0.05) is 40.5 Å². The van der Waals surface area contributed by atoms with Crippen LogP contribution in [0.2, 0.25) is 0 Å². The fraction of sp³-hybridized carbons (Fsp3) is 0.735. The fourth-order valence-electron chi connectivity index (χ4n) is 8.22. The zero-order chi connectivity index (χ0) is 31.8. The van der Waals surface area contributed by atoms with Gasteiger partial charge in [-0.25, -0.2) is 0 Å². The molecule has 9 heteroatoms. The third-order valence-corrected chi connectivity index (χ3v) is 9.52. The number of carbonyl (C=O) groups excluding carboxylic acids is 3. The Bertz CT molecular complexity index is 1180. The van der Waals surface area contributed by atoms with Crippen molar-refractivity contribution in [2.45, 2.75) is 117 Å². The van der Waals surface area contributed by atoms with E-state index in [0.29, 0.717) is 43.9 Å². The van der Waals surface area contributed by atoms with Crippen LogP contribution in [0.4, 0.5) is 5.69 Å². The van der Waals surface area contributed by atoms with E-state index in [-0.39, 0.29) is 35.7 Å². The van der Waals surface area contributed by atoms with Crippen LogP contribution in [-0.4, -0.2) is 70.3 Å². The molecule has 3 heterocycles. The van der Waals surface area contributed by atoms with Crippen LogP contribution >= 0.6 is 0 Å². The molecule has 43 heavy (non-hydrogen) atoms. The molecule has 6 atom stereocenters. The minimum atomic E-state index is -1.08. The molecular formula is C34H53N3O6. The summed E-state index contributed by atoms with van der Waals surface area (Å²) in [7, 11) is 0. The smallest absolute Gasteiger partial charge is 0.246 e. The van der Waals surface area contributed by atoms with Crippen molar-refractivity contribution >= 4 is 23.4 Å². The van der Waals surface area contributed by atoms with Gasteiger partial charge in [-0.2, -0.15) is 0 Å². The zero-order valence-corrected chi connectivity index (χ0v) is 27.4. The summed E-state index contributed by atoms with van der Waals surface area (Å²) >= 11 is 0. The highest BCUT2D eigenvalue weighted by Crippen LogP contribution is 2.65. The Morgan fingerprint density at radius 3 is 2.33 bits per heavy atom. The second kappa shape index (κ2) is 12.4. The van der Waals surface area contributed by atoms with Crippen LogP contribution in [0.3, 0.4) is 0 Å². The topological polar surface area (TPSA) is 117 Å². The monoisotopic (exact) mass is 599 g/mol. The zero-order valence-electron chi connectivity index (χ0n) is 27.4. The Labute approximate surface area is 257 Å². The van der Waals surface area contributed by atoms with Crippen LogP contribution in [0.25, 0.3) is 0 Å². The highest BCUT2D eigenvalue weighted by molar-refractivity contribution is 6.02. The fourth-order valence-corrected chi connectivity index (χ4v) is 8.22. The first-order chi connectivity index (χ1) is 20.1. The molecule has 1 aromatic carbocycles. The third kappa shape index (κ3) is 6.58. The highest BCUT2D eigenvalue weighted by Gasteiger charge is 2.79. The van der Waals surface area contributed by atoms with Crippen molar-refractivity contribution in [1.82, 2.24) is 10.2 Å². The van der Waals surface area contributed by atoms with E-state index in [9.17, 15) is 19.5 Å². The van der Waals surface area contributed by atoms with E-state index in [2.05, 4.69) is 38.3 Å². The lowest BCUT2D eigenvalue weighted by Gasteiger charge is -2.38. The molecule has 0 aromatic heterocycles. The van der Waals surface area contributed by atoms with Gasteiger partial charge in [0.15, 0.2) is 0 Å². The number of amides is 3. The summed E-state index contributed by atoms with van der Waals surface area (Å²) in [5, 5.41) is 15.5. The SMILES string of the molecule is CCOc1ccc(NC(=O)[C@@H]2[C@H]3C(=O)N(CCCCCCO)C(C(=O)NC(C)(C)CC(C)(C)C)C34CC(C)[C@@]2(C)O4)cc1. The van der Waals surface area contributed by atoms with Crippen molar-refractivity contribution in [2.75, 3.05) is 25.1 Å². The van der Waals surface area contributed by atoms with Gasteiger partial charge in [0.05, 0.1) is 24.0 Å². The van der Waals surface area contributed by atoms with E-state index >= 15 is 0 Å². The van der Waals surface area contributed by atoms with Crippen molar-refractivity contribution in [1.29, 1.82) is 0 Å². The van der Waals surface area contributed by atoms with E-state index in [1.165, 1.54) is 0 Å². The molecule has 0 aliphatic carbocycles. The quantitative estimate of drug-likeness (QED) is 0.277. The summed E-state index contributed by atoms with van der Waals surface area (Å²) in [5.74, 6) is -1.48. The molecule has 3 aliphatic rings. The third-order valence-electron chi connectivity index (χ3n) is 9.52. The Morgan fingerprint density at radius 1 is 1.07 bits per heavy atom. The molecule has 240 valence electrons. The number of aliphatic hydroxyl groups is 1. The van der Waals surface area contributed by atoms with E-state index in [0.717, 1.165) is 19.3 Å². The lowest BCUT2D eigenvalue weighted by atomic mass is 9.62. The van der Waals surface area contributed by atoms with Gasteiger partial charge in [0, 0.05) is 24.4 Å². The van der Waals surface area contributed by atoms with E-state index in [1.807, 2.05) is 27.7 Å². The molecule has 3 amide bonds. The second-order valence-corrected chi connectivity index (χ2v) is 14.9. The number of likely N-dealkylation sites (tertiary alicyclic amines) is 1. The number of benzene rings is 1. The Kier molecular flexibility index (Phi) is 9.58. The molecule has 3 aliphatic heterocycles. The van der Waals surface area contributed by atoms with Crippen LogP contribution in [0.1, 0.15) is 93.9 Å². The molecule has 3 fully saturated rings. The standard InChI is InChI=1S/C34H53N3O6/c1-9-42-24-16-14-23(15-17-24)35-28(39)25-26-30(41)37(18-12-10-11-13-19-38)27(34(26)20-22(2)33(25,8)43-34)29(40)36-32(6,7)21-31(3,4)5/h14-17,22,25-27,38H,9-13,18-21H2,1-8H3,(H,35,39)(H,36,40)/t22?,25-,26-,27?,33+,34?/m0/s1. The van der Waals surface area contributed by atoms with Crippen LogP contribution in [0.15, 0.2) is 24.3 Å². The number of fused-ring (bicyclic) bond motifs is 1. The molecule has 3 unspecified atom stereocenters. The minimum absolute atomic E-state index is 0.0101. The van der Waals surface area contributed by atoms with Gasteiger partial charge < -0.3 is 30.1 Å². The van der Waals surface area contributed by atoms with Gasteiger partial charge in [-0.05, 0) is 89.0 Å². The van der Waals surface area contributed by atoms with Gasteiger partial charge in [-0.3, -0.25) is 14.4 Å². The number of hydrogen-bond donors (Lipinski definition) is 3. The van der Waals surface area contributed by atoms with E-state index < -0.39 is 34.6 Å². The first-order valence-corrected chi connectivity index (χ1v) is 16.1. The molecule has 3 N–H and O–H groups in total. The van der Waals surface area contributed by atoms with Gasteiger partial charge in [0.2, 0.25) is 17.7 Å². The summed E-state index contributed by atoms with van der Waals surface area (Å²) < 4.78 is 12.4. The number of nitrogens with one attached hydrogen (secondary N) is 2. The molecule has 9 nitrogen and oxygen atoms in total. The molecule has 1 aromatic rings. The molecule has 0 saturated carbocycles. The summed E-state index contributed by atoms with van der Waals surface area (Å²) in [6, 6.07) is 6.37. The van der Waals surface area contributed by atoms with Crippen molar-refractivity contribution in [3.63, 3.8) is 0 Å². The summed E-state index contributed by atoms with van der Waals surface area (Å²) in [6.07, 6.45) is 4.39. The summed E-state index contributed by atoms with van der Waals surface area (Å²) in [6.45, 7) is 17.5. The minimum Gasteiger partial charge on any atom is -0.494 e. The highest BCUT2D eigenvalue weighted by atomic mass is 16.5.